The van der Waals surface area contributed by atoms with Gasteiger partial charge in [0.1, 0.15) is 24.0 Å². The second-order valence-corrected chi connectivity index (χ2v) is 11.3. The summed E-state index contributed by atoms with van der Waals surface area (Å²) in [5, 5.41) is 12.7. The first-order valence-corrected chi connectivity index (χ1v) is 14.8. The first kappa shape index (κ1) is 29.2. The molecule has 0 atom stereocenters. The van der Waals surface area contributed by atoms with Crippen LogP contribution in [0.5, 0.6) is 5.75 Å². The van der Waals surface area contributed by atoms with Gasteiger partial charge in [0.05, 0.1) is 22.2 Å². The fraction of sp³-hybridized carbons (Fsp3) is 0.206. The summed E-state index contributed by atoms with van der Waals surface area (Å²) in [4.78, 5) is 27.8. The number of halogens is 2. The van der Waals surface area contributed by atoms with Crippen molar-refractivity contribution in [3.63, 3.8) is 0 Å². The van der Waals surface area contributed by atoms with Gasteiger partial charge in [-0.15, -0.1) is 0 Å². The Morgan fingerprint density at radius 1 is 0.977 bits per heavy atom. The second-order valence-electron chi connectivity index (χ2n) is 10.9. The first-order chi connectivity index (χ1) is 21.3. The third kappa shape index (κ3) is 6.09. The van der Waals surface area contributed by atoms with Crippen LogP contribution in [-0.4, -0.2) is 26.7 Å². The zero-order valence-electron chi connectivity index (χ0n) is 23.7. The summed E-state index contributed by atoms with van der Waals surface area (Å²) in [5.41, 5.74) is 10.1. The van der Waals surface area contributed by atoms with Crippen LogP contribution in [-0.2, 0) is 6.61 Å². The van der Waals surface area contributed by atoms with E-state index in [0.717, 1.165) is 54.3 Å². The van der Waals surface area contributed by atoms with Gasteiger partial charge in [-0.25, -0.2) is 19.0 Å². The van der Waals surface area contributed by atoms with Crippen LogP contribution in [0.25, 0.3) is 33.5 Å². The van der Waals surface area contributed by atoms with Crippen LogP contribution >= 0.6 is 11.6 Å². The van der Waals surface area contributed by atoms with Crippen LogP contribution in [0.4, 0.5) is 14.9 Å². The maximum atomic E-state index is 15.8. The molecule has 5 aromatic rings. The van der Waals surface area contributed by atoms with E-state index in [1.54, 1.807) is 48.5 Å². The number of primary amides is 1. The molecule has 0 spiro atoms. The molecule has 2 amide bonds. The molecule has 0 saturated heterocycles. The van der Waals surface area contributed by atoms with Crippen LogP contribution in [0.2, 0.25) is 5.02 Å². The molecule has 0 radical (unpaired) electrons. The maximum Gasteiger partial charge on any atom is 0.335 e. The smallest absolute Gasteiger partial charge is 0.335 e. The summed E-state index contributed by atoms with van der Waals surface area (Å²) in [7, 11) is 0. The highest BCUT2D eigenvalue weighted by molar-refractivity contribution is 6.30. The minimum Gasteiger partial charge on any atom is -0.489 e. The summed E-state index contributed by atoms with van der Waals surface area (Å²) < 4.78 is 24.0. The van der Waals surface area contributed by atoms with E-state index in [1.807, 2.05) is 18.2 Å². The molecule has 10 heteroatoms. The van der Waals surface area contributed by atoms with Gasteiger partial charge in [-0.2, -0.15) is 0 Å². The SMILES string of the molecule is NC(=O)Nc1ccc(-c2ccc(Cl)cc2)c(COc2ccc(-c3nc4cc(C(=O)O)ccc4n3C3CCCCC3)c(F)c2)c1. The number of hydrogen-bond acceptors (Lipinski definition) is 4. The first-order valence-electron chi connectivity index (χ1n) is 14.4. The minimum absolute atomic E-state index is 0.0869. The van der Waals surface area contributed by atoms with Crippen molar-refractivity contribution in [1.29, 1.82) is 0 Å². The molecule has 1 aliphatic rings. The number of nitrogens with two attached hydrogens (primary N) is 1. The number of amides is 2. The average molecular weight is 613 g/mol. The van der Waals surface area contributed by atoms with Gasteiger partial charge in [0.25, 0.3) is 0 Å². The van der Waals surface area contributed by atoms with E-state index < -0.39 is 17.8 Å². The molecule has 1 saturated carbocycles. The van der Waals surface area contributed by atoms with Gasteiger partial charge in [0.2, 0.25) is 0 Å². The summed E-state index contributed by atoms with van der Waals surface area (Å²) >= 11 is 6.08. The number of imidazole rings is 1. The number of benzene rings is 4. The Labute approximate surface area is 258 Å². The van der Waals surface area contributed by atoms with Gasteiger partial charge >= 0.3 is 12.0 Å². The molecule has 1 aromatic heterocycles. The van der Waals surface area contributed by atoms with E-state index in [1.165, 1.54) is 12.1 Å². The summed E-state index contributed by atoms with van der Waals surface area (Å²) in [6, 6.07) is 21.7. The molecular formula is C34H30ClFN4O4. The average Bonchev–Trinajstić information content (AvgIpc) is 3.39. The quantitative estimate of drug-likeness (QED) is 0.162. The predicted molar refractivity (Wildman–Crippen MR) is 169 cm³/mol. The van der Waals surface area contributed by atoms with E-state index >= 15 is 4.39 Å². The van der Waals surface area contributed by atoms with Crippen molar-refractivity contribution in [3.8, 4) is 28.3 Å². The van der Waals surface area contributed by atoms with Crippen LogP contribution in [0.15, 0.2) is 78.9 Å². The number of urea groups is 1. The molecule has 1 aliphatic carbocycles. The molecule has 0 unspecified atom stereocenters. The van der Waals surface area contributed by atoms with Crippen molar-refractivity contribution in [2.45, 2.75) is 44.8 Å². The van der Waals surface area contributed by atoms with Crippen LogP contribution in [0, 0.1) is 5.82 Å². The van der Waals surface area contributed by atoms with Crippen LogP contribution < -0.4 is 15.8 Å². The number of nitrogens with one attached hydrogen (secondary N) is 1. The van der Waals surface area contributed by atoms with Gasteiger partial charge in [0.15, 0.2) is 0 Å². The van der Waals surface area contributed by atoms with Gasteiger partial charge in [-0.1, -0.05) is 49.1 Å². The van der Waals surface area contributed by atoms with Gasteiger partial charge in [0, 0.05) is 22.8 Å². The highest BCUT2D eigenvalue weighted by atomic mass is 35.5. The molecule has 0 aliphatic heterocycles. The number of fused-ring (bicyclic) bond motifs is 1. The number of anilines is 1. The molecule has 224 valence electrons. The lowest BCUT2D eigenvalue weighted by atomic mass is 9.94. The van der Waals surface area contributed by atoms with Crippen molar-refractivity contribution in [1.82, 2.24) is 9.55 Å². The zero-order chi connectivity index (χ0) is 30.8. The van der Waals surface area contributed by atoms with Crippen molar-refractivity contribution in [2.24, 2.45) is 5.73 Å². The Balaban J connectivity index is 1.32. The van der Waals surface area contributed by atoms with Crippen molar-refractivity contribution >= 4 is 40.3 Å². The number of carbonyl (C=O) groups excluding carboxylic acids is 1. The number of carboxylic acids is 1. The Morgan fingerprint density at radius 2 is 1.73 bits per heavy atom. The summed E-state index contributed by atoms with van der Waals surface area (Å²) in [5.74, 6) is -0.761. The zero-order valence-corrected chi connectivity index (χ0v) is 24.5. The molecular weight excluding hydrogens is 583 g/mol. The van der Waals surface area contributed by atoms with E-state index in [2.05, 4.69) is 9.88 Å². The molecule has 1 fully saturated rings. The Bertz CT molecular complexity index is 1870. The lowest BCUT2D eigenvalue weighted by Gasteiger charge is -2.25. The van der Waals surface area contributed by atoms with Gasteiger partial charge < -0.3 is 25.5 Å². The second kappa shape index (κ2) is 12.4. The monoisotopic (exact) mass is 612 g/mol. The standard InChI is InChI=1S/C34H30ClFN4O4/c35-23-9-6-20(7-10-23)27-13-11-24(38-34(37)43)16-22(27)19-44-26-12-14-28(29(36)18-26)32-39-30-17-21(33(41)42)8-15-31(30)40(32)25-4-2-1-3-5-25/h6-18,25H,1-5,19H2,(H,41,42)(H3,37,38,43). The van der Waals surface area contributed by atoms with Crippen molar-refractivity contribution < 1.29 is 23.8 Å². The number of rotatable bonds is 8. The Kier molecular flexibility index (Phi) is 8.21. The van der Waals surface area contributed by atoms with E-state index in [4.69, 9.17) is 27.1 Å². The van der Waals surface area contributed by atoms with Gasteiger partial charge in [-0.05, 0) is 84.1 Å². The summed E-state index contributed by atoms with van der Waals surface area (Å²) in [6.45, 7) is 0.0869. The lowest BCUT2D eigenvalue weighted by molar-refractivity contribution is 0.0697. The molecule has 0 bridgehead atoms. The van der Waals surface area contributed by atoms with E-state index in [0.29, 0.717) is 33.4 Å². The highest BCUT2D eigenvalue weighted by Gasteiger charge is 2.24. The fourth-order valence-corrected chi connectivity index (χ4v) is 6.03. The van der Waals surface area contributed by atoms with Crippen molar-refractivity contribution in [3.05, 3.63) is 101 Å². The number of ether oxygens (including phenoxy) is 1. The maximum absolute atomic E-state index is 15.8. The third-order valence-corrected chi connectivity index (χ3v) is 8.23. The number of carboxylic acid groups (broad SMARTS) is 1. The molecule has 4 aromatic carbocycles. The summed E-state index contributed by atoms with van der Waals surface area (Å²) in [6.07, 6.45) is 5.19. The van der Waals surface area contributed by atoms with Crippen LogP contribution in [0.1, 0.15) is 54.1 Å². The number of aromatic carboxylic acids is 1. The fourth-order valence-electron chi connectivity index (χ4n) is 5.90. The number of carbonyl (C=O) groups is 2. The largest absolute Gasteiger partial charge is 0.489 e. The molecule has 6 rings (SSSR count). The normalized spacial score (nSPS) is 13.6. The van der Waals surface area contributed by atoms with Gasteiger partial charge in [-0.3, -0.25) is 0 Å². The lowest BCUT2D eigenvalue weighted by Crippen LogP contribution is -2.19. The van der Waals surface area contributed by atoms with Crippen molar-refractivity contribution in [2.75, 3.05) is 5.32 Å². The topological polar surface area (TPSA) is 119 Å². The van der Waals surface area contributed by atoms with Crippen LogP contribution in [0.3, 0.4) is 0 Å². The number of hydrogen-bond donors (Lipinski definition) is 3. The molecule has 44 heavy (non-hydrogen) atoms. The van der Waals surface area contributed by atoms with E-state index in [9.17, 15) is 14.7 Å². The third-order valence-electron chi connectivity index (χ3n) is 7.98. The molecule has 4 N–H and O–H groups in total. The Morgan fingerprint density at radius 3 is 2.43 bits per heavy atom. The number of nitrogens with zero attached hydrogens (tertiary/aromatic N) is 2. The Hall–Kier alpha value is -4.89. The highest BCUT2D eigenvalue weighted by Crippen LogP contribution is 2.38. The van der Waals surface area contributed by atoms with E-state index in [-0.39, 0.29) is 18.2 Å². The molecule has 8 nitrogen and oxygen atoms in total. The predicted octanol–water partition coefficient (Wildman–Crippen LogP) is 8.44. The minimum atomic E-state index is -1.04. The number of aromatic nitrogens is 2. The molecule has 1 heterocycles.